The van der Waals surface area contributed by atoms with E-state index in [1.54, 1.807) is 12.1 Å². The van der Waals surface area contributed by atoms with Gasteiger partial charge in [0.2, 0.25) is 0 Å². The SMILES string of the molecule is Cc1cc(Nc2cc3ncc(S(C)(=O)=O)cc3c(N[C@H]3C[C@H]4CCC[C@@H](C3)N4C(=O)OC(C)(C)C)n2)n[nH]1. The number of ether oxygens (including phenoxy) is 1. The Balaban J connectivity index is 1.46. The molecule has 0 aromatic carbocycles. The lowest BCUT2D eigenvalue weighted by Gasteiger charge is -2.48. The predicted molar refractivity (Wildman–Crippen MR) is 145 cm³/mol. The minimum absolute atomic E-state index is 0.0458. The van der Waals surface area contributed by atoms with Crippen molar-refractivity contribution in [1.29, 1.82) is 0 Å². The highest BCUT2D eigenvalue weighted by molar-refractivity contribution is 7.90. The second-order valence-corrected chi connectivity index (χ2v) is 13.4. The molecule has 0 aliphatic carbocycles. The highest BCUT2D eigenvalue weighted by Crippen LogP contribution is 2.37. The van der Waals surface area contributed by atoms with Gasteiger partial charge in [0.05, 0.1) is 10.4 Å². The standard InChI is InChI=1S/C26H35N7O4S/c1-15-9-23(32-31-15)29-22-13-21-20(12-19(14-27-21)38(5,35)36)24(30-22)28-16-10-17-7-6-8-18(11-16)33(17)25(34)37-26(2,3)4/h9,12-14,16-18H,6-8,10-11H2,1-5H3,(H3,28,29,30,31,32)/t16-,17+,18-. The van der Waals surface area contributed by atoms with Crippen molar-refractivity contribution in [3.8, 4) is 0 Å². The summed E-state index contributed by atoms with van der Waals surface area (Å²) in [7, 11) is -3.45. The predicted octanol–water partition coefficient (Wildman–Crippen LogP) is 4.54. The smallest absolute Gasteiger partial charge is 0.410 e. The Bertz CT molecular complexity index is 1450. The van der Waals surface area contributed by atoms with Crippen LogP contribution in [-0.2, 0) is 14.6 Å². The molecule has 5 heterocycles. The number of nitrogens with one attached hydrogen (secondary N) is 3. The number of sulfone groups is 1. The van der Waals surface area contributed by atoms with Crippen molar-refractivity contribution in [3.05, 3.63) is 30.1 Å². The molecule has 2 saturated heterocycles. The van der Waals surface area contributed by atoms with Gasteiger partial charge < -0.3 is 20.3 Å². The number of amides is 1. The molecule has 204 valence electrons. The number of aromatic nitrogens is 4. The monoisotopic (exact) mass is 541 g/mol. The van der Waals surface area contributed by atoms with Gasteiger partial charge in [0, 0.05) is 53.8 Å². The lowest BCUT2D eigenvalue weighted by Crippen LogP contribution is -2.58. The number of piperidine rings is 2. The Kier molecular flexibility index (Phi) is 6.70. The van der Waals surface area contributed by atoms with E-state index in [4.69, 9.17) is 9.72 Å². The van der Waals surface area contributed by atoms with E-state index in [-0.39, 0.29) is 29.1 Å². The first-order chi connectivity index (χ1) is 17.9. The van der Waals surface area contributed by atoms with Gasteiger partial charge >= 0.3 is 6.09 Å². The maximum atomic E-state index is 13.0. The molecule has 2 aliphatic rings. The van der Waals surface area contributed by atoms with E-state index in [9.17, 15) is 13.2 Å². The third-order valence-corrected chi connectivity index (χ3v) is 8.04. The van der Waals surface area contributed by atoms with E-state index < -0.39 is 15.4 Å². The van der Waals surface area contributed by atoms with Crippen LogP contribution in [-0.4, -0.2) is 69.6 Å². The largest absolute Gasteiger partial charge is 0.444 e. The molecule has 1 amide bonds. The van der Waals surface area contributed by atoms with E-state index in [0.717, 1.165) is 37.8 Å². The second-order valence-electron chi connectivity index (χ2n) is 11.4. The number of carbonyl (C=O) groups excluding carboxylic acids is 1. The van der Waals surface area contributed by atoms with Crippen LogP contribution in [0.4, 0.5) is 22.2 Å². The summed E-state index contributed by atoms with van der Waals surface area (Å²) in [6.45, 7) is 7.56. The molecular weight excluding hydrogens is 506 g/mol. The van der Waals surface area contributed by atoms with Crippen LogP contribution >= 0.6 is 0 Å². The van der Waals surface area contributed by atoms with Crippen LogP contribution in [0.1, 0.15) is 58.6 Å². The zero-order valence-electron chi connectivity index (χ0n) is 22.4. The van der Waals surface area contributed by atoms with Crippen molar-refractivity contribution in [2.24, 2.45) is 0 Å². The van der Waals surface area contributed by atoms with Crippen LogP contribution < -0.4 is 10.6 Å². The molecule has 2 aliphatic heterocycles. The minimum atomic E-state index is -3.45. The molecule has 12 heteroatoms. The summed E-state index contributed by atoms with van der Waals surface area (Å²) in [6, 6.07) is 5.44. The van der Waals surface area contributed by atoms with E-state index in [1.807, 2.05) is 38.7 Å². The Morgan fingerprint density at radius 3 is 2.45 bits per heavy atom. The maximum Gasteiger partial charge on any atom is 0.410 e. The van der Waals surface area contributed by atoms with Crippen LogP contribution in [0.2, 0.25) is 0 Å². The summed E-state index contributed by atoms with van der Waals surface area (Å²) in [4.78, 5) is 24.3. The molecule has 5 rings (SSSR count). The lowest BCUT2D eigenvalue weighted by molar-refractivity contribution is -0.0199. The molecule has 2 fully saturated rings. The fourth-order valence-electron chi connectivity index (χ4n) is 5.40. The number of anilines is 3. The summed E-state index contributed by atoms with van der Waals surface area (Å²) in [6.07, 6.45) is 6.68. The molecule has 38 heavy (non-hydrogen) atoms. The number of fused-ring (bicyclic) bond motifs is 3. The molecule has 0 radical (unpaired) electrons. The third-order valence-electron chi connectivity index (χ3n) is 6.96. The summed E-state index contributed by atoms with van der Waals surface area (Å²) < 4.78 is 30.2. The normalized spacial score (nSPS) is 21.8. The molecule has 11 nitrogen and oxygen atoms in total. The molecule has 3 N–H and O–H groups in total. The lowest BCUT2D eigenvalue weighted by atomic mass is 9.82. The van der Waals surface area contributed by atoms with Gasteiger partial charge in [0.15, 0.2) is 15.7 Å². The first kappa shape index (κ1) is 26.2. The van der Waals surface area contributed by atoms with Gasteiger partial charge in [-0.2, -0.15) is 5.10 Å². The minimum Gasteiger partial charge on any atom is -0.444 e. The number of pyridine rings is 2. The van der Waals surface area contributed by atoms with Gasteiger partial charge in [-0.15, -0.1) is 0 Å². The molecule has 3 aromatic rings. The van der Waals surface area contributed by atoms with Crippen LogP contribution in [0.15, 0.2) is 29.3 Å². The van der Waals surface area contributed by atoms with Gasteiger partial charge in [-0.3, -0.25) is 10.1 Å². The molecule has 3 atom stereocenters. The number of H-pyrrole nitrogens is 1. The van der Waals surface area contributed by atoms with Gasteiger partial charge in [-0.25, -0.2) is 18.2 Å². The molecule has 0 spiro atoms. The summed E-state index contributed by atoms with van der Waals surface area (Å²) in [5.41, 5.74) is 0.968. The van der Waals surface area contributed by atoms with Crippen molar-refractivity contribution in [2.75, 3.05) is 16.9 Å². The zero-order chi connectivity index (χ0) is 27.2. The molecule has 2 bridgehead atoms. The average Bonchev–Trinajstić information content (AvgIpc) is 3.20. The van der Waals surface area contributed by atoms with E-state index >= 15 is 0 Å². The van der Waals surface area contributed by atoms with E-state index in [0.29, 0.717) is 28.4 Å². The first-order valence-electron chi connectivity index (χ1n) is 12.9. The van der Waals surface area contributed by atoms with E-state index in [1.165, 1.54) is 12.5 Å². The topological polar surface area (TPSA) is 142 Å². The van der Waals surface area contributed by atoms with E-state index in [2.05, 4.69) is 25.8 Å². The number of hydrogen-bond donors (Lipinski definition) is 3. The van der Waals surface area contributed by atoms with Gasteiger partial charge in [0.25, 0.3) is 0 Å². The Morgan fingerprint density at radius 1 is 1.13 bits per heavy atom. The summed E-state index contributed by atoms with van der Waals surface area (Å²) >= 11 is 0. The maximum absolute atomic E-state index is 13.0. The Labute approximate surface area is 222 Å². The Hall–Kier alpha value is -3.41. The van der Waals surface area contributed by atoms with Gasteiger partial charge in [-0.1, -0.05) is 0 Å². The van der Waals surface area contributed by atoms with Gasteiger partial charge in [0.1, 0.15) is 17.2 Å². The third kappa shape index (κ3) is 5.69. The van der Waals surface area contributed by atoms with Crippen molar-refractivity contribution < 1.29 is 17.9 Å². The second kappa shape index (κ2) is 9.72. The van der Waals surface area contributed by atoms with Crippen molar-refractivity contribution in [3.63, 3.8) is 0 Å². The van der Waals surface area contributed by atoms with Crippen molar-refractivity contribution in [1.82, 2.24) is 25.1 Å². The molecule has 3 aromatic heterocycles. The highest BCUT2D eigenvalue weighted by atomic mass is 32.2. The van der Waals surface area contributed by atoms with Crippen molar-refractivity contribution in [2.45, 2.75) is 88.4 Å². The first-order valence-corrected chi connectivity index (χ1v) is 14.8. The van der Waals surface area contributed by atoms with Gasteiger partial charge in [-0.05, 0) is 65.9 Å². The summed E-state index contributed by atoms with van der Waals surface area (Å²) in [5, 5.41) is 14.5. The van der Waals surface area contributed by atoms with Crippen LogP contribution in [0.5, 0.6) is 0 Å². The molecule has 0 unspecified atom stereocenters. The van der Waals surface area contributed by atoms with Crippen LogP contribution in [0.25, 0.3) is 10.9 Å². The fourth-order valence-corrected chi connectivity index (χ4v) is 5.97. The number of hydrogen-bond acceptors (Lipinski definition) is 9. The number of carbonyl (C=O) groups is 1. The zero-order valence-corrected chi connectivity index (χ0v) is 23.2. The molecule has 0 saturated carbocycles. The summed E-state index contributed by atoms with van der Waals surface area (Å²) in [5.74, 6) is 1.70. The van der Waals surface area contributed by atoms with Crippen LogP contribution in [0.3, 0.4) is 0 Å². The highest BCUT2D eigenvalue weighted by Gasteiger charge is 2.42. The average molecular weight is 542 g/mol. The number of rotatable bonds is 5. The van der Waals surface area contributed by atoms with Crippen LogP contribution in [0, 0.1) is 6.92 Å². The fraction of sp³-hybridized carbons (Fsp3) is 0.538. The van der Waals surface area contributed by atoms with Crippen molar-refractivity contribution >= 4 is 44.3 Å². The number of aryl methyl sites for hydroxylation is 1. The number of nitrogens with zero attached hydrogens (tertiary/aromatic N) is 4. The quantitative estimate of drug-likeness (QED) is 0.424. The Morgan fingerprint density at radius 2 is 1.84 bits per heavy atom. The number of aromatic amines is 1. The molecular formula is C26H35N7O4S.